The van der Waals surface area contributed by atoms with Crippen LogP contribution < -0.4 is 0 Å². The molecule has 3 nitrogen and oxygen atoms in total. The first kappa shape index (κ1) is 8.51. The molecule has 0 aromatic heterocycles. The Morgan fingerprint density at radius 3 is 3.23 bits per heavy atom. The van der Waals surface area contributed by atoms with Gasteiger partial charge in [-0.1, -0.05) is 6.08 Å². The average Bonchev–Trinajstić information content (AvgIpc) is 2.83. The Labute approximate surface area is 76.7 Å². The molecule has 0 radical (unpaired) electrons. The molecule has 1 fully saturated rings. The Kier molecular flexibility index (Phi) is 1.96. The summed E-state index contributed by atoms with van der Waals surface area (Å²) in [4.78, 5) is 10.7. The van der Waals surface area contributed by atoms with Gasteiger partial charge >= 0.3 is 5.97 Å². The number of hydrogen-bond donors (Lipinski definition) is 1. The van der Waals surface area contributed by atoms with Gasteiger partial charge in [-0.3, -0.25) is 0 Å². The van der Waals surface area contributed by atoms with Gasteiger partial charge in [-0.25, -0.2) is 4.79 Å². The van der Waals surface area contributed by atoms with Crippen LogP contribution >= 0.6 is 0 Å². The largest absolute Gasteiger partial charge is 0.478 e. The fourth-order valence-corrected chi connectivity index (χ4v) is 1.90. The van der Waals surface area contributed by atoms with Crippen LogP contribution in [-0.4, -0.2) is 23.3 Å². The lowest BCUT2D eigenvalue weighted by atomic mass is 9.86. The summed E-state index contributed by atoms with van der Waals surface area (Å²) >= 11 is 0. The van der Waals surface area contributed by atoms with E-state index < -0.39 is 5.97 Å². The highest BCUT2D eigenvalue weighted by Crippen LogP contribution is 2.41. The standard InChI is InChI=1S/C10H12O3/c1-2-3-6-4-7(10(11)12)5-8-9(6)13-8/h2,5-6,8-9H,1,3-4H2,(H,11,12)/t6-,8+,9-/m0/s1. The molecule has 3 heteroatoms. The minimum absolute atomic E-state index is 0.0600. The summed E-state index contributed by atoms with van der Waals surface area (Å²) in [5.41, 5.74) is 0.491. The predicted octanol–water partition coefficient (Wildman–Crippen LogP) is 1.36. The van der Waals surface area contributed by atoms with Crippen molar-refractivity contribution in [3.8, 4) is 0 Å². The molecule has 3 atom stereocenters. The Morgan fingerprint density at radius 1 is 1.85 bits per heavy atom. The van der Waals surface area contributed by atoms with Gasteiger partial charge in [0, 0.05) is 5.57 Å². The van der Waals surface area contributed by atoms with Crippen LogP contribution in [0, 0.1) is 5.92 Å². The number of fused-ring (bicyclic) bond motifs is 1. The molecule has 1 saturated heterocycles. The van der Waals surface area contributed by atoms with E-state index >= 15 is 0 Å². The van der Waals surface area contributed by atoms with E-state index in [4.69, 9.17) is 9.84 Å². The molecule has 1 aliphatic carbocycles. The fraction of sp³-hybridized carbons (Fsp3) is 0.500. The minimum Gasteiger partial charge on any atom is -0.478 e. The molecule has 0 saturated carbocycles. The topological polar surface area (TPSA) is 49.8 Å². The van der Waals surface area contributed by atoms with Crippen LogP contribution in [0.1, 0.15) is 12.8 Å². The van der Waals surface area contributed by atoms with Crippen molar-refractivity contribution in [2.75, 3.05) is 0 Å². The lowest BCUT2D eigenvalue weighted by Crippen LogP contribution is -2.18. The maximum Gasteiger partial charge on any atom is 0.331 e. The SMILES string of the molecule is C=CC[C@H]1CC(C(=O)O)=C[C@H]2O[C@@H]12. The van der Waals surface area contributed by atoms with Crippen molar-refractivity contribution in [3.05, 3.63) is 24.3 Å². The molecule has 2 rings (SSSR count). The van der Waals surface area contributed by atoms with Crippen molar-refractivity contribution in [1.82, 2.24) is 0 Å². The van der Waals surface area contributed by atoms with Gasteiger partial charge in [0.05, 0.1) is 6.10 Å². The first-order valence-electron chi connectivity index (χ1n) is 4.42. The van der Waals surface area contributed by atoms with Crippen molar-refractivity contribution in [2.45, 2.75) is 25.0 Å². The molecule has 1 heterocycles. The van der Waals surface area contributed by atoms with Gasteiger partial charge in [0.25, 0.3) is 0 Å². The van der Waals surface area contributed by atoms with E-state index in [9.17, 15) is 4.79 Å². The summed E-state index contributed by atoms with van der Waals surface area (Å²) in [6.45, 7) is 3.66. The molecule has 0 aromatic carbocycles. The van der Waals surface area contributed by atoms with E-state index in [1.807, 2.05) is 6.08 Å². The smallest absolute Gasteiger partial charge is 0.331 e. The number of carboxylic acid groups (broad SMARTS) is 1. The third kappa shape index (κ3) is 1.52. The van der Waals surface area contributed by atoms with Crippen molar-refractivity contribution < 1.29 is 14.6 Å². The Hall–Kier alpha value is -1.09. The molecule has 0 aromatic rings. The number of carboxylic acids is 1. The summed E-state index contributed by atoms with van der Waals surface area (Å²) < 4.78 is 5.34. The third-order valence-electron chi connectivity index (χ3n) is 2.62. The Bertz CT molecular complexity index is 280. The summed E-state index contributed by atoms with van der Waals surface area (Å²) in [6.07, 6.45) is 5.32. The maximum absolute atomic E-state index is 10.7. The van der Waals surface area contributed by atoms with E-state index in [0.717, 1.165) is 6.42 Å². The van der Waals surface area contributed by atoms with Crippen LogP contribution in [0.25, 0.3) is 0 Å². The fourth-order valence-electron chi connectivity index (χ4n) is 1.90. The zero-order valence-electron chi connectivity index (χ0n) is 7.27. The maximum atomic E-state index is 10.7. The molecule has 0 amide bonds. The van der Waals surface area contributed by atoms with Crippen molar-refractivity contribution in [1.29, 1.82) is 0 Å². The average molecular weight is 180 g/mol. The Morgan fingerprint density at radius 2 is 2.62 bits per heavy atom. The normalized spacial score (nSPS) is 36.0. The molecule has 70 valence electrons. The summed E-state index contributed by atoms with van der Waals surface area (Å²) in [7, 11) is 0. The third-order valence-corrected chi connectivity index (χ3v) is 2.62. The molecule has 0 bridgehead atoms. The quantitative estimate of drug-likeness (QED) is 0.527. The molecule has 1 N–H and O–H groups in total. The van der Waals surface area contributed by atoms with Crippen LogP contribution in [0.2, 0.25) is 0 Å². The lowest BCUT2D eigenvalue weighted by Gasteiger charge is -2.15. The second-order valence-electron chi connectivity index (χ2n) is 3.55. The molecule has 13 heavy (non-hydrogen) atoms. The van der Waals surface area contributed by atoms with E-state index in [0.29, 0.717) is 17.9 Å². The van der Waals surface area contributed by atoms with E-state index in [2.05, 4.69) is 6.58 Å². The van der Waals surface area contributed by atoms with E-state index in [-0.39, 0.29) is 12.2 Å². The Balaban J connectivity index is 2.09. The second kappa shape index (κ2) is 3.00. The van der Waals surface area contributed by atoms with Crippen LogP contribution in [0.3, 0.4) is 0 Å². The lowest BCUT2D eigenvalue weighted by molar-refractivity contribution is -0.133. The van der Waals surface area contributed by atoms with Gasteiger partial charge in [-0.15, -0.1) is 6.58 Å². The first-order valence-corrected chi connectivity index (χ1v) is 4.42. The highest BCUT2D eigenvalue weighted by Gasteiger charge is 2.47. The van der Waals surface area contributed by atoms with E-state index in [1.165, 1.54) is 0 Å². The second-order valence-corrected chi connectivity index (χ2v) is 3.55. The number of epoxide rings is 1. The van der Waals surface area contributed by atoms with Crippen molar-refractivity contribution in [2.24, 2.45) is 5.92 Å². The molecule has 2 aliphatic rings. The molecular formula is C10H12O3. The zero-order chi connectivity index (χ0) is 9.42. The van der Waals surface area contributed by atoms with Crippen molar-refractivity contribution in [3.63, 3.8) is 0 Å². The van der Waals surface area contributed by atoms with Crippen LogP contribution in [0.4, 0.5) is 0 Å². The summed E-state index contributed by atoms with van der Waals surface area (Å²) in [5, 5.41) is 8.81. The van der Waals surface area contributed by atoms with Crippen molar-refractivity contribution >= 4 is 5.97 Å². The van der Waals surface area contributed by atoms with Gasteiger partial charge in [-0.05, 0) is 24.8 Å². The van der Waals surface area contributed by atoms with Crippen LogP contribution in [0.15, 0.2) is 24.3 Å². The minimum atomic E-state index is -0.817. The van der Waals surface area contributed by atoms with Gasteiger partial charge in [-0.2, -0.15) is 0 Å². The molecule has 0 spiro atoms. The zero-order valence-corrected chi connectivity index (χ0v) is 7.27. The highest BCUT2D eigenvalue weighted by atomic mass is 16.6. The number of ether oxygens (including phenoxy) is 1. The van der Waals surface area contributed by atoms with Gasteiger partial charge < -0.3 is 9.84 Å². The monoisotopic (exact) mass is 180 g/mol. The van der Waals surface area contributed by atoms with Crippen LogP contribution in [0.5, 0.6) is 0 Å². The number of allylic oxidation sites excluding steroid dienone is 1. The number of hydrogen-bond acceptors (Lipinski definition) is 2. The summed E-state index contributed by atoms with van der Waals surface area (Å²) in [6, 6.07) is 0. The first-order chi connectivity index (χ1) is 6.22. The molecule has 1 aliphatic heterocycles. The predicted molar refractivity (Wildman–Crippen MR) is 47.3 cm³/mol. The van der Waals surface area contributed by atoms with Gasteiger partial charge in [0.15, 0.2) is 0 Å². The molecule has 0 unspecified atom stereocenters. The highest BCUT2D eigenvalue weighted by molar-refractivity contribution is 5.87. The number of carbonyl (C=O) groups is 1. The van der Waals surface area contributed by atoms with Gasteiger partial charge in [0.1, 0.15) is 6.10 Å². The van der Waals surface area contributed by atoms with Gasteiger partial charge in [0.2, 0.25) is 0 Å². The summed E-state index contributed by atoms with van der Waals surface area (Å²) in [5.74, 6) is -0.499. The number of aliphatic carboxylic acids is 1. The molecular weight excluding hydrogens is 168 g/mol. The number of rotatable bonds is 3. The van der Waals surface area contributed by atoms with E-state index in [1.54, 1.807) is 6.08 Å². The van der Waals surface area contributed by atoms with Crippen LogP contribution in [-0.2, 0) is 9.53 Å².